The van der Waals surface area contributed by atoms with Crippen molar-refractivity contribution < 1.29 is 4.79 Å². The zero-order valence-corrected chi connectivity index (χ0v) is 18.2. The number of carbonyl (C=O) groups excluding carboxylic acids is 1. The van der Waals surface area contributed by atoms with Crippen LogP contribution in [0.25, 0.3) is 16.7 Å². The number of amides is 1. The number of nitrogens with zero attached hydrogens (tertiary/aromatic N) is 3. The fraction of sp³-hybridized carbons (Fsp3) is 0.458. The molecule has 0 spiro atoms. The van der Waals surface area contributed by atoms with Gasteiger partial charge in [-0.1, -0.05) is 30.3 Å². The topological polar surface area (TPSA) is 70.2 Å². The molecule has 154 valence electrons. The summed E-state index contributed by atoms with van der Waals surface area (Å²) in [5, 5.41) is 13.8. The van der Waals surface area contributed by atoms with Crippen LogP contribution in [0.3, 0.4) is 0 Å². The predicted octanol–water partition coefficient (Wildman–Crippen LogP) is 4.70. The number of rotatable bonds is 5. The average molecular weight is 419 g/mol. The first-order valence-corrected chi connectivity index (χ1v) is 11.8. The van der Waals surface area contributed by atoms with Gasteiger partial charge >= 0.3 is 0 Å². The molecule has 2 aromatic heterocycles. The quantitative estimate of drug-likeness (QED) is 0.610. The maximum Gasteiger partial charge on any atom is 0.230 e. The summed E-state index contributed by atoms with van der Waals surface area (Å²) in [5.74, 6) is 2.77. The molecule has 5 rings (SSSR count). The lowest BCUT2D eigenvalue weighted by Crippen LogP contribution is -2.40. The van der Waals surface area contributed by atoms with Gasteiger partial charge in [0.2, 0.25) is 5.91 Å². The summed E-state index contributed by atoms with van der Waals surface area (Å²) in [4.78, 5) is 17.4. The Morgan fingerprint density at radius 3 is 2.93 bits per heavy atom. The molecule has 0 saturated heterocycles. The van der Waals surface area contributed by atoms with E-state index >= 15 is 0 Å². The van der Waals surface area contributed by atoms with Crippen molar-refractivity contribution >= 4 is 34.3 Å². The van der Waals surface area contributed by atoms with Gasteiger partial charge in [-0.25, -0.2) is 4.98 Å². The minimum Gasteiger partial charge on any atom is -0.353 e. The van der Waals surface area contributed by atoms with E-state index in [9.17, 15) is 10.1 Å². The van der Waals surface area contributed by atoms with Crippen molar-refractivity contribution in [3.8, 4) is 6.07 Å². The van der Waals surface area contributed by atoms with Crippen LogP contribution in [-0.2, 0) is 4.79 Å². The first-order chi connectivity index (χ1) is 14.5. The third-order valence-electron chi connectivity index (χ3n) is 7.03. The van der Waals surface area contributed by atoms with E-state index in [1.54, 1.807) is 0 Å². The van der Waals surface area contributed by atoms with Gasteiger partial charge in [0.05, 0.1) is 27.4 Å². The molecule has 0 aliphatic heterocycles. The summed E-state index contributed by atoms with van der Waals surface area (Å²) >= 11 is 1.51. The van der Waals surface area contributed by atoms with E-state index in [0.717, 1.165) is 33.5 Å². The molecule has 2 aliphatic carbocycles. The number of pyridine rings is 1. The Bertz CT molecular complexity index is 1180. The number of benzene rings is 1. The van der Waals surface area contributed by atoms with Crippen LogP contribution in [0.2, 0.25) is 0 Å². The number of hydrogen-bond acceptors (Lipinski definition) is 4. The largest absolute Gasteiger partial charge is 0.353 e. The van der Waals surface area contributed by atoms with Crippen LogP contribution in [0.4, 0.5) is 0 Å². The molecule has 4 unspecified atom stereocenters. The number of aryl methyl sites for hydroxylation is 1. The first kappa shape index (κ1) is 19.4. The Labute approximate surface area is 180 Å². The second-order valence-corrected chi connectivity index (χ2v) is 9.89. The summed E-state index contributed by atoms with van der Waals surface area (Å²) in [5.41, 5.74) is 3.96. The molecule has 30 heavy (non-hydrogen) atoms. The minimum atomic E-state index is 0.0786. The first-order valence-electron chi connectivity index (χ1n) is 10.8. The lowest BCUT2D eigenvalue weighted by Gasteiger charge is -2.28. The molecular formula is C24H26N4OS. The molecule has 4 atom stereocenters. The van der Waals surface area contributed by atoms with Gasteiger partial charge in [-0.3, -0.25) is 9.20 Å². The molecule has 0 radical (unpaired) electrons. The Balaban J connectivity index is 1.36. The predicted molar refractivity (Wildman–Crippen MR) is 119 cm³/mol. The number of para-hydroxylation sites is 2. The summed E-state index contributed by atoms with van der Waals surface area (Å²) in [6.45, 7) is 4.10. The van der Waals surface area contributed by atoms with E-state index in [2.05, 4.69) is 23.3 Å². The highest BCUT2D eigenvalue weighted by molar-refractivity contribution is 7.99. The van der Waals surface area contributed by atoms with Crippen LogP contribution in [0.5, 0.6) is 0 Å². The highest BCUT2D eigenvalue weighted by atomic mass is 32.2. The van der Waals surface area contributed by atoms with Crippen molar-refractivity contribution in [1.29, 1.82) is 5.26 Å². The number of hydrogen-bond donors (Lipinski definition) is 1. The van der Waals surface area contributed by atoms with Crippen molar-refractivity contribution in [1.82, 2.24) is 14.7 Å². The fourth-order valence-electron chi connectivity index (χ4n) is 5.61. The number of imidazole rings is 1. The third-order valence-corrected chi connectivity index (χ3v) is 8.03. The number of aromatic nitrogens is 2. The number of carbonyl (C=O) groups is 1. The molecule has 5 nitrogen and oxygen atoms in total. The molecule has 2 bridgehead atoms. The van der Waals surface area contributed by atoms with Gasteiger partial charge in [0.25, 0.3) is 0 Å². The Morgan fingerprint density at radius 1 is 1.37 bits per heavy atom. The highest BCUT2D eigenvalue weighted by Crippen LogP contribution is 2.49. The normalized spacial score (nSPS) is 23.7. The Morgan fingerprint density at radius 2 is 2.20 bits per heavy atom. The highest BCUT2D eigenvalue weighted by Gasteiger charge is 2.42. The van der Waals surface area contributed by atoms with Crippen LogP contribution in [-0.4, -0.2) is 27.1 Å². The SMILES string of the molecule is Cc1cc(SCC(=O)NC(C)C2CC3CCC2C3)n2c(nc3ccccc32)c1C#N. The number of nitrogens with one attached hydrogen (secondary N) is 1. The summed E-state index contributed by atoms with van der Waals surface area (Å²) in [7, 11) is 0. The van der Waals surface area contributed by atoms with E-state index in [4.69, 9.17) is 0 Å². The molecule has 2 heterocycles. The second-order valence-electron chi connectivity index (χ2n) is 8.90. The Kier molecular flexibility index (Phi) is 4.94. The van der Waals surface area contributed by atoms with Gasteiger partial charge < -0.3 is 5.32 Å². The average Bonchev–Trinajstić information content (AvgIpc) is 3.46. The summed E-state index contributed by atoms with van der Waals surface area (Å²) < 4.78 is 2.01. The fourth-order valence-corrected chi connectivity index (χ4v) is 6.54. The van der Waals surface area contributed by atoms with Gasteiger partial charge in [-0.05, 0) is 74.6 Å². The van der Waals surface area contributed by atoms with E-state index < -0.39 is 0 Å². The van der Waals surface area contributed by atoms with Crippen LogP contribution in [0.1, 0.15) is 43.7 Å². The maximum atomic E-state index is 12.7. The van der Waals surface area contributed by atoms with Crippen molar-refractivity contribution in [3.05, 3.63) is 41.5 Å². The van der Waals surface area contributed by atoms with Gasteiger partial charge in [-0.2, -0.15) is 5.26 Å². The molecule has 1 amide bonds. The van der Waals surface area contributed by atoms with Gasteiger partial charge in [0.1, 0.15) is 6.07 Å². The van der Waals surface area contributed by atoms with Crippen molar-refractivity contribution in [2.45, 2.75) is 50.6 Å². The molecule has 6 heteroatoms. The van der Waals surface area contributed by atoms with E-state index in [1.165, 1.54) is 37.4 Å². The second kappa shape index (κ2) is 7.63. The van der Waals surface area contributed by atoms with E-state index in [-0.39, 0.29) is 11.9 Å². The molecule has 2 aliphatic rings. The lowest BCUT2D eigenvalue weighted by atomic mass is 9.84. The molecule has 2 saturated carbocycles. The molecule has 1 aromatic carbocycles. The van der Waals surface area contributed by atoms with Crippen molar-refractivity contribution in [3.63, 3.8) is 0 Å². The monoisotopic (exact) mass is 418 g/mol. The van der Waals surface area contributed by atoms with Crippen LogP contribution in [0.15, 0.2) is 35.4 Å². The zero-order chi connectivity index (χ0) is 20.8. The number of fused-ring (bicyclic) bond motifs is 5. The van der Waals surface area contributed by atoms with Gasteiger partial charge in [0, 0.05) is 6.04 Å². The van der Waals surface area contributed by atoms with Gasteiger partial charge in [0.15, 0.2) is 5.65 Å². The summed E-state index contributed by atoms with van der Waals surface area (Å²) in [6.07, 6.45) is 5.34. The Hall–Kier alpha value is -2.52. The molecule has 1 N–H and O–H groups in total. The van der Waals surface area contributed by atoms with Crippen molar-refractivity contribution in [2.24, 2.45) is 17.8 Å². The molecular weight excluding hydrogens is 392 g/mol. The summed E-state index contributed by atoms with van der Waals surface area (Å²) in [6, 6.07) is 12.4. The maximum absolute atomic E-state index is 12.7. The van der Waals surface area contributed by atoms with Crippen LogP contribution in [0, 0.1) is 36.0 Å². The van der Waals surface area contributed by atoms with Crippen molar-refractivity contribution in [2.75, 3.05) is 5.75 Å². The van der Waals surface area contributed by atoms with Gasteiger partial charge in [-0.15, -0.1) is 0 Å². The standard InChI is InChI=1S/C24H26N4OS/c1-14-9-23(28-21-6-4-3-5-20(21)27-24(28)19(14)12-25)30-13-22(29)26-15(2)18-11-16-7-8-17(18)10-16/h3-6,9,15-18H,7-8,10-11,13H2,1-2H3,(H,26,29). The molecule has 3 aromatic rings. The number of thioether (sulfide) groups is 1. The lowest BCUT2D eigenvalue weighted by molar-refractivity contribution is -0.119. The minimum absolute atomic E-state index is 0.0786. The van der Waals surface area contributed by atoms with Crippen LogP contribution >= 0.6 is 11.8 Å². The smallest absolute Gasteiger partial charge is 0.230 e. The number of nitriles is 1. The van der Waals surface area contributed by atoms with E-state index in [1.807, 2.05) is 41.7 Å². The molecule has 2 fully saturated rings. The third kappa shape index (κ3) is 3.26. The van der Waals surface area contributed by atoms with Crippen LogP contribution < -0.4 is 5.32 Å². The van der Waals surface area contributed by atoms with E-state index in [0.29, 0.717) is 22.9 Å². The zero-order valence-electron chi connectivity index (χ0n) is 17.4.